The number of carbonyl (C=O) groups excluding carboxylic acids is 2. The van der Waals surface area contributed by atoms with Crippen LogP contribution in [0.25, 0.3) is 10.4 Å². The summed E-state index contributed by atoms with van der Waals surface area (Å²) in [6.07, 6.45) is 0.304. The van der Waals surface area contributed by atoms with Crippen molar-refractivity contribution in [2.24, 2.45) is 5.11 Å². The van der Waals surface area contributed by atoms with Crippen LogP contribution >= 0.6 is 0 Å². The maximum atomic E-state index is 12.5. The SMILES string of the molecule is N#CCNC(=O)[C@H](Cc1ccccc1)NC(=O)c1ccc(CN=[N+]=[N-])cc1. The molecule has 136 valence electrons. The van der Waals surface area contributed by atoms with Crippen molar-refractivity contribution in [3.05, 3.63) is 81.7 Å². The minimum absolute atomic E-state index is 0.131. The number of azide groups is 1. The van der Waals surface area contributed by atoms with Crippen LogP contribution in [0.2, 0.25) is 0 Å². The minimum atomic E-state index is -0.809. The van der Waals surface area contributed by atoms with E-state index >= 15 is 0 Å². The van der Waals surface area contributed by atoms with Gasteiger partial charge in [0.05, 0.1) is 12.6 Å². The fraction of sp³-hybridized carbons (Fsp3) is 0.211. The smallest absolute Gasteiger partial charge is 0.251 e. The first-order chi connectivity index (χ1) is 13.1. The zero-order valence-electron chi connectivity index (χ0n) is 14.5. The Labute approximate surface area is 156 Å². The van der Waals surface area contributed by atoms with Crippen molar-refractivity contribution in [2.75, 3.05) is 6.54 Å². The van der Waals surface area contributed by atoms with E-state index < -0.39 is 17.9 Å². The van der Waals surface area contributed by atoms with Gasteiger partial charge < -0.3 is 10.6 Å². The quantitative estimate of drug-likeness (QED) is 0.323. The Kier molecular flexibility index (Phi) is 7.39. The highest BCUT2D eigenvalue weighted by Crippen LogP contribution is 2.08. The van der Waals surface area contributed by atoms with Gasteiger partial charge in [-0.25, -0.2) is 0 Å². The van der Waals surface area contributed by atoms with Crippen molar-refractivity contribution in [1.29, 1.82) is 5.26 Å². The third kappa shape index (κ3) is 6.20. The number of benzene rings is 2. The molecule has 2 rings (SSSR count). The Morgan fingerprint density at radius 3 is 2.44 bits per heavy atom. The van der Waals surface area contributed by atoms with Gasteiger partial charge in [-0.3, -0.25) is 9.59 Å². The van der Waals surface area contributed by atoms with Crippen LogP contribution in [0, 0.1) is 11.3 Å². The fourth-order valence-corrected chi connectivity index (χ4v) is 2.43. The standard InChI is InChI=1S/C19H18N6O2/c20-10-11-22-19(27)17(12-14-4-2-1-3-5-14)24-18(26)16-8-6-15(7-9-16)13-23-25-21/h1-9,17H,11-13H2,(H,22,27)(H,24,26)/t17-/m0/s1. The van der Waals surface area contributed by atoms with Crippen molar-refractivity contribution in [2.45, 2.75) is 19.0 Å². The van der Waals surface area contributed by atoms with Gasteiger partial charge in [-0.2, -0.15) is 5.26 Å². The number of nitriles is 1. The van der Waals surface area contributed by atoms with Crippen molar-refractivity contribution in [3.63, 3.8) is 0 Å². The number of hydrogen-bond acceptors (Lipinski definition) is 4. The molecule has 0 aliphatic heterocycles. The first kappa shape index (κ1) is 19.5. The normalized spacial score (nSPS) is 10.8. The Morgan fingerprint density at radius 2 is 1.81 bits per heavy atom. The molecule has 0 radical (unpaired) electrons. The van der Waals surface area contributed by atoms with Crippen molar-refractivity contribution in [3.8, 4) is 6.07 Å². The molecule has 0 aliphatic carbocycles. The summed E-state index contributed by atoms with van der Waals surface area (Å²) in [5.74, 6) is -0.827. The second-order valence-corrected chi connectivity index (χ2v) is 5.68. The number of nitrogens with zero attached hydrogens (tertiary/aromatic N) is 4. The van der Waals surface area contributed by atoms with Gasteiger partial charge in [0, 0.05) is 16.9 Å². The van der Waals surface area contributed by atoms with E-state index in [9.17, 15) is 9.59 Å². The largest absolute Gasteiger partial charge is 0.341 e. The molecule has 8 nitrogen and oxygen atoms in total. The third-order valence-corrected chi connectivity index (χ3v) is 3.78. The van der Waals surface area contributed by atoms with Crippen LogP contribution in [0.15, 0.2) is 59.7 Å². The van der Waals surface area contributed by atoms with Crippen LogP contribution in [-0.2, 0) is 17.8 Å². The van der Waals surface area contributed by atoms with Crippen LogP contribution in [0.4, 0.5) is 0 Å². The second kappa shape index (κ2) is 10.2. The summed E-state index contributed by atoms with van der Waals surface area (Å²) < 4.78 is 0. The molecule has 1 atom stereocenters. The van der Waals surface area contributed by atoms with Crippen LogP contribution in [-0.4, -0.2) is 24.4 Å². The van der Waals surface area contributed by atoms with Crippen LogP contribution in [0.3, 0.4) is 0 Å². The molecule has 0 saturated heterocycles. The first-order valence-electron chi connectivity index (χ1n) is 8.23. The van der Waals surface area contributed by atoms with Crippen molar-refractivity contribution in [1.82, 2.24) is 10.6 Å². The summed E-state index contributed by atoms with van der Waals surface area (Å²) in [5.41, 5.74) is 10.4. The summed E-state index contributed by atoms with van der Waals surface area (Å²) >= 11 is 0. The predicted octanol–water partition coefficient (Wildman–Crippen LogP) is 2.48. The summed E-state index contributed by atoms with van der Waals surface area (Å²) in [6, 6.07) is 16.9. The summed E-state index contributed by atoms with van der Waals surface area (Å²) in [6.45, 7) is 0.0691. The van der Waals surface area contributed by atoms with E-state index in [1.807, 2.05) is 36.4 Å². The van der Waals surface area contributed by atoms with Gasteiger partial charge in [-0.1, -0.05) is 47.6 Å². The Hall–Kier alpha value is -3.82. The van der Waals surface area contributed by atoms with E-state index in [0.717, 1.165) is 11.1 Å². The van der Waals surface area contributed by atoms with Gasteiger partial charge in [0.1, 0.15) is 12.6 Å². The van der Waals surface area contributed by atoms with E-state index in [4.69, 9.17) is 10.8 Å². The number of carbonyl (C=O) groups is 2. The molecule has 2 amide bonds. The lowest BCUT2D eigenvalue weighted by Crippen LogP contribution is -2.48. The lowest BCUT2D eigenvalue weighted by Gasteiger charge is -2.18. The lowest BCUT2D eigenvalue weighted by atomic mass is 10.0. The molecular weight excluding hydrogens is 344 g/mol. The number of rotatable bonds is 8. The van der Waals surface area contributed by atoms with Crippen LogP contribution in [0.1, 0.15) is 21.5 Å². The van der Waals surface area contributed by atoms with E-state index in [-0.39, 0.29) is 13.1 Å². The molecule has 2 N–H and O–H groups in total. The molecule has 0 spiro atoms. The van der Waals surface area contributed by atoms with Crippen molar-refractivity contribution < 1.29 is 9.59 Å². The highest BCUT2D eigenvalue weighted by Gasteiger charge is 2.21. The molecular formula is C19H18N6O2. The molecule has 2 aromatic rings. The lowest BCUT2D eigenvalue weighted by molar-refractivity contribution is -0.122. The highest BCUT2D eigenvalue weighted by molar-refractivity contribution is 5.97. The zero-order chi connectivity index (χ0) is 19.5. The molecule has 0 aliphatic rings. The molecule has 0 unspecified atom stereocenters. The van der Waals surface area contributed by atoms with E-state index in [2.05, 4.69) is 20.7 Å². The van der Waals surface area contributed by atoms with Crippen LogP contribution < -0.4 is 10.6 Å². The van der Waals surface area contributed by atoms with Crippen LogP contribution in [0.5, 0.6) is 0 Å². The van der Waals surface area contributed by atoms with Gasteiger partial charge in [-0.15, -0.1) is 0 Å². The molecule has 0 saturated carbocycles. The Balaban J connectivity index is 2.10. The van der Waals surface area contributed by atoms with Gasteiger partial charge in [0.25, 0.3) is 5.91 Å². The molecule has 0 bridgehead atoms. The van der Waals surface area contributed by atoms with E-state index in [0.29, 0.717) is 12.0 Å². The van der Waals surface area contributed by atoms with E-state index in [1.165, 1.54) is 0 Å². The third-order valence-electron chi connectivity index (χ3n) is 3.78. The molecule has 0 heterocycles. The van der Waals surface area contributed by atoms with Crippen molar-refractivity contribution >= 4 is 11.8 Å². The van der Waals surface area contributed by atoms with Gasteiger partial charge in [0.2, 0.25) is 5.91 Å². The zero-order valence-corrected chi connectivity index (χ0v) is 14.5. The first-order valence-corrected chi connectivity index (χ1v) is 8.23. The average molecular weight is 362 g/mol. The summed E-state index contributed by atoms with van der Waals surface area (Å²) in [4.78, 5) is 27.5. The average Bonchev–Trinajstić information content (AvgIpc) is 2.71. The maximum absolute atomic E-state index is 12.5. The Bertz CT molecular complexity index is 867. The molecule has 2 aromatic carbocycles. The van der Waals surface area contributed by atoms with Gasteiger partial charge in [-0.05, 0) is 28.8 Å². The maximum Gasteiger partial charge on any atom is 0.251 e. The number of hydrogen-bond donors (Lipinski definition) is 2. The predicted molar refractivity (Wildman–Crippen MR) is 99.3 cm³/mol. The molecule has 0 fully saturated rings. The van der Waals surface area contributed by atoms with Gasteiger partial charge >= 0.3 is 0 Å². The molecule has 27 heavy (non-hydrogen) atoms. The summed E-state index contributed by atoms with van der Waals surface area (Å²) in [7, 11) is 0. The number of amides is 2. The minimum Gasteiger partial charge on any atom is -0.341 e. The highest BCUT2D eigenvalue weighted by atomic mass is 16.2. The molecule has 0 aromatic heterocycles. The Morgan fingerprint density at radius 1 is 1.11 bits per heavy atom. The monoisotopic (exact) mass is 362 g/mol. The second-order valence-electron chi connectivity index (χ2n) is 5.68. The van der Waals surface area contributed by atoms with Gasteiger partial charge in [0.15, 0.2) is 0 Å². The fourth-order valence-electron chi connectivity index (χ4n) is 2.43. The van der Waals surface area contributed by atoms with E-state index in [1.54, 1.807) is 24.3 Å². The summed E-state index contributed by atoms with van der Waals surface area (Å²) in [5, 5.41) is 17.3. The molecule has 8 heteroatoms. The number of nitrogens with one attached hydrogen (secondary N) is 2. The topological polar surface area (TPSA) is 131 Å².